The number of methoxy groups -OCH3 is 1. The molecule has 0 heterocycles. The monoisotopic (exact) mass is 286 g/mol. The van der Waals surface area contributed by atoms with Crippen LogP contribution in [0.5, 0.6) is 5.75 Å². The fourth-order valence-electron chi connectivity index (χ4n) is 1.81. The average Bonchev–Trinajstić information content (AvgIpc) is 2.47. The number of hydrogen-bond donors (Lipinski definition) is 1. The Bertz CT molecular complexity index is 693. The number of ether oxygens (including phenoxy) is 1. The van der Waals surface area contributed by atoms with Gasteiger partial charge in [-0.05, 0) is 35.9 Å². The summed E-state index contributed by atoms with van der Waals surface area (Å²) < 4.78 is 17.4. The summed E-state index contributed by atoms with van der Waals surface area (Å²) in [6, 6.07) is 14.3. The number of nitrogen functional groups attached to an aromatic ring is 1. The van der Waals surface area contributed by atoms with Crippen molar-refractivity contribution in [2.45, 2.75) is 10.6 Å². The van der Waals surface area contributed by atoms with Crippen LogP contribution in [0, 0.1) is 11.3 Å². The Hall–Kier alpha value is -2.32. The van der Waals surface area contributed by atoms with Crippen molar-refractivity contribution in [1.29, 1.82) is 5.26 Å². The minimum Gasteiger partial charge on any atom is -0.495 e. The van der Waals surface area contributed by atoms with E-state index < -0.39 is 10.8 Å². The van der Waals surface area contributed by atoms with Gasteiger partial charge in [0.2, 0.25) is 0 Å². The van der Waals surface area contributed by atoms with Gasteiger partial charge in [0, 0.05) is 10.6 Å². The number of nitriles is 1. The van der Waals surface area contributed by atoms with Crippen molar-refractivity contribution in [2.75, 3.05) is 12.8 Å². The molecule has 0 radical (unpaired) electrons. The van der Waals surface area contributed by atoms with Crippen LogP contribution in [-0.4, -0.2) is 11.3 Å². The van der Waals surface area contributed by atoms with Gasteiger partial charge >= 0.3 is 0 Å². The molecule has 0 saturated heterocycles. The molecule has 0 aromatic heterocycles. The van der Waals surface area contributed by atoms with Crippen molar-refractivity contribution in [3.63, 3.8) is 0 Å². The van der Waals surface area contributed by atoms with Gasteiger partial charge in [0.1, 0.15) is 11.8 Å². The second-order valence-electron chi connectivity index (χ2n) is 4.21. The van der Waals surface area contributed by atoms with E-state index in [1.807, 2.05) is 6.07 Å². The molecule has 2 rings (SSSR count). The summed E-state index contributed by atoms with van der Waals surface area (Å²) in [6.45, 7) is 0. The third-order valence-corrected chi connectivity index (χ3v) is 4.18. The van der Waals surface area contributed by atoms with Gasteiger partial charge in [-0.2, -0.15) is 5.26 Å². The first-order chi connectivity index (χ1) is 9.63. The van der Waals surface area contributed by atoms with Gasteiger partial charge in [-0.15, -0.1) is 0 Å². The molecule has 0 aliphatic carbocycles. The molecule has 20 heavy (non-hydrogen) atoms. The van der Waals surface area contributed by atoms with Crippen molar-refractivity contribution >= 4 is 16.5 Å². The molecule has 0 bridgehead atoms. The summed E-state index contributed by atoms with van der Waals surface area (Å²) in [6.07, 6.45) is 0. The van der Waals surface area contributed by atoms with Gasteiger partial charge in [-0.25, -0.2) is 0 Å². The van der Waals surface area contributed by atoms with Crippen LogP contribution in [-0.2, 0) is 16.6 Å². The topological polar surface area (TPSA) is 76.1 Å². The van der Waals surface area contributed by atoms with Crippen LogP contribution in [0.1, 0.15) is 11.1 Å². The van der Waals surface area contributed by atoms with Crippen LogP contribution in [0.2, 0.25) is 0 Å². The van der Waals surface area contributed by atoms with Crippen LogP contribution >= 0.6 is 0 Å². The lowest BCUT2D eigenvalue weighted by molar-refractivity contribution is 0.413. The van der Waals surface area contributed by atoms with E-state index >= 15 is 0 Å². The van der Waals surface area contributed by atoms with E-state index in [2.05, 4.69) is 0 Å². The first-order valence-electron chi connectivity index (χ1n) is 5.95. The zero-order chi connectivity index (χ0) is 14.5. The molecule has 0 spiro atoms. The lowest BCUT2D eigenvalue weighted by Crippen LogP contribution is -1.99. The predicted octanol–water partition coefficient (Wildman–Crippen LogP) is 2.46. The largest absolute Gasteiger partial charge is 0.495 e. The molecule has 0 amide bonds. The van der Waals surface area contributed by atoms with Crippen molar-refractivity contribution in [1.82, 2.24) is 0 Å². The van der Waals surface area contributed by atoms with E-state index in [9.17, 15) is 4.21 Å². The Kier molecular flexibility index (Phi) is 4.38. The van der Waals surface area contributed by atoms with E-state index in [0.29, 0.717) is 27.6 Å². The summed E-state index contributed by atoms with van der Waals surface area (Å²) in [5.41, 5.74) is 7.59. The average molecular weight is 286 g/mol. The Labute approximate surface area is 120 Å². The van der Waals surface area contributed by atoms with Crippen LogP contribution in [0.4, 0.5) is 5.69 Å². The van der Waals surface area contributed by atoms with Crippen LogP contribution in [0.25, 0.3) is 0 Å². The number of rotatable bonds is 4. The molecular formula is C15H14N2O2S. The van der Waals surface area contributed by atoms with Gasteiger partial charge in [0.15, 0.2) is 0 Å². The number of anilines is 1. The quantitative estimate of drug-likeness (QED) is 0.876. The minimum absolute atomic E-state index is 0.353. The summed E-state index contributed by atoms with van der Waals surface area (Å²) in [5, 5.41) is 8.93. The molecule has 2 aromatic rings. The zero-order valence-corrected chi connectivity index (χ0v) is 11.8. The molecule has 0 saturated carbocycles. The number of hydrogen-bond acceptors (Lipinski definition) is 4. The normalized spacial score (nSPS) is 11.6. The molecule has 2 N–H and O–H groups in total. The van der Waals surface area contributed by atoms with E-state index in [-0.39, 0.29) is 0 Å². The molecule has 1 unspecified atom stereocenters. The van der Waals surface area contributed by atoms with Gasteiger partial charge in [0.25, 0.3) is 0 Å². The summed E-state index contributed by atoms with van der Waals surface area (Å²) in [5.74, 6) is 0.848. The van der Waals surface area contributed by atoms with E-state index in [0.717, 1.165) is 5.56 Å². The molecular weight excluding hydrogens is 272 g/mol. The van der Waals surface area contributed by atoms with E-state index in [4.69, 9.17) is 15.7 Å². The SMILES string of the molecule is COc1cc(CS(=O)c2cccc(N)c2)ccc1C#N. The highest BCUT2D eigenvalue weighted by Gasteiger charge is 2.09. The van der Waals surface area contributed by atoms with Gasteiger partial charge < -0.3 is 10.5 Å². The van der Waals surface area contributed by atoms with Crippen molar-refractivity contribution < 1.29 is 8.95 Å². The minimum atomic E-state index is -1.18. The standard InChI is InChI=1S/C15H14N2O2S/c1-19-15-7-11(5-6-12(15)9-16)10-20(18)14-4-2-3-13(17)8-14/h2-8H,10,17H2,1H3. The number of benzene rings is 2. The number of nitrogens with two attached hydrogens (primary N) is 1. The molecule has 102 valence electrons. The predicted molar refractivity (Wildman–Crippen MR) is 78.7 cm³/mol. The maximum atomic E-state index is 12.3. The van der Waals surface area contributed by atoms with Crippen LogP contribution < -0.4 is 10.5 Å². The summed E-state index contributed by atoms with van der Waals surface area (Å²) in [7, 11) is 0.327. The van der Waals surface area contributed by atoms with E-state index in [1.54, 1.807) is 42.5 Å². The lowest BCUT2D eigenvalue weighted by atomic mass is 10.1. The maximum Gasteiger partial charge on any atom is 0.136 e. The van der Waals surface area contributed by atoms with Crippen molar-refractivity contribution in [2.24, 2.45) is 0 Å². The third-order valence-electron chi connectivity index (χ3n) is 2.81. The van der Waals surface area contributed by atoms with E-state index in [1.165, 1.54) is 7.11 Å². The highest BCUT2D eigenvalue weighted by Crippen LogP contribution is 2.22. The van der Waals surface area contributed by atoms with Crippen LogP contribution in [0.15, 0.2) is 47.4 Å². The Morgan fingerprint density at radius 2 is 2.10 bits per heavy atom. The molecule has 0 aliphatic rings. The number of nitrogens with zero attached hydrogens (tertiary/aromatic N) is 1. The van der Waals surface area contributed by atoms with Crippen molar-refractivity contribution in [3.8, 4) is 11.8 Å². The molecule has 0 fully saturated rings. The first kappa shape index (κ1) is 14.1. The molecule has 2 aromatic carbocycles. The molecule has 5 heteroatoms. The Morgan fingerprint density at radius 1 is 1.30 bits per heavy atom. The third kappa shape index (κ3) is 3.16. The van der Waals surface area contributed by atoms with Gasteiger partial charge in [-0.3, -0.25) is 4.21 Å². The fraction of sp³-hybridized carbons (Fsp3) is 0.133. The zero-order valence-electron chi connectivity index (χ0n) is 11.0. The fourth-order valence-corrected chi connectivity index (χ4v) is 2.96. The summed E-state index contributed by atoms with van der Waals surface area (Å²) >= 11 is 0. The highest BCUT2D eigenvalue weighted by atomic mass is 32.2. The second kappa shape index (κ2) is 6.22. The Balaban J connectivity index is 2.22. The molecule has 4 nitrogen and oxygen atoms in total. The smallest absolute Gasteiger partial charge is 0.136 e. The molecule has 1 atom stereocenters. The second-order valence-corrected chi connectivity index (χ2v) is 5.66. The van der Waals surface area contributed by atoms with Gasteiger partial charge in [-0.1, -0.05) is 12.1 Å². The van der Waals surface area contributed by atoms with Gasteiger partial charge in [0.05, 0.1) is 29.2 Å². The van der Waals surface area contributed by atoms with Crippen LogP contribution in [0.3, 0.4) is 0 Å². The lowest BCUT2D eigenvalue weighted by Gasteiger charge is -2.07. The highest BCUT2D eigenvalue weighted by molar-refractivity contribution is 7.84. The molecule has 0 aliphatic heterocycles. The summed E-state index contributed by atoms with van der Waals surface area (Å²) in [4.78, 5) is 0.688. The first-order valence-corrected chi connectivity index (χ1v) is 7.27. The maximum absolute atomic E-state index is 12.3. The van der Waals surface area contributed by atoms with Crippen molar-refractivity contribution in [3.05, 3.63) is 53.6 Å². The Morgan fingerprint density at radius 3 is 2.75 bits per heavy atom.